The van der Waals surface area contributed by atoms with Gasteiger partial charge in [-0.1, -0.05) is 25.1 Å². The van der Waals surface area contributed by atoms with Crippen LogP contribution >= 0.6 is 0 Å². The lowest BCUT2D eigenvalue weighted by Gasteiger charge is -2.17. The molecule has 2 N–H and O–H groups in total. The number of ether oxygens (including phenoxy) is 2. The van der Waals surface area contributed by atoms with Crippen LogP contribution in [0.5, 0.6) is 11.5 Å². The summed E-state index contributed by atoms with van der Waals surface area (Å²) in [5.41, 5.74) is 2.31. The molecule has 0 amide bonds. The van der Waals surface area contributed by atoms with E-state index >= 15 is 0 Å². The van der Waals surface area contributed by atoms with E-state index in [1.54, 1.807) is 25.3 Å². The van der Waals surface area contributed by atoms with Gasteiger partial charge in [0.2, 0.25) is 0 Å². The second-order valence-corrected chi connectivity index (χ2v) is 5.87. The first kappa shape index (κ1) is 18.8. The monoisotopic (exact) mass is 343 g/mol. The van der Waals surface area contributed by atoms with Crippen molar-refractivity contribution in [1.29, 1.82) is 0 Å². The molecule has 0 fully saturated rings. The standard InChI is InChI=1S/C20H25NO4/c1-4-10-25-18-9-8-16(12-19(18)24-3)14(2)21-13-15-6-5-7-17(11-15)20(22)23/h5-9,11-12,14,21H,4,10,13H2,1-3H3,(H,22,23). The Morgan fingerprint density at radius 2 is 2.00 bits per heavy atom. The smallest absolute Gasteiger partial charge is 0.335 e. The SMILES string of the molecule is CCCOc1ccc(C(C)NCc2cccc(C(=O)O)c2)cc1OC. The topological polar surface area (TPSA) is 67.8 Å². The Bertz CT molecular complexity index is 715. The molecule has 2 aromatic carbocycles. The Labute approximate surface area is 148 Å². The molecule has 0 heterocycles. The lowest BCUT2D eigenvalue weighted by molar-refractivity contribution is 0.0696. The van der Waals surface area contributed by atoms with E-state index in [9.17, 15) is 4.79 Å². The van der Waals surface area contributed by atoms with Crippen LogP contribution in [0.4, 0.5) is 0 Å². The molecule has 0 bridgehead atoms. The highest BCUT2D eigenvalue weighted by Crippen LogP contribution is 2.30. The summed E-state index contributed by atoms with van der Waals surface area (Å²) in [4.78, 5) is 11.0. The molecule has 0 aliphatic rings. The van der Waals surface area contributed by atoms with Crippen molar-refractivity contribution in [3.63, 3.8) is 0 Å². The maximum absolute atomic E-state index is 11.0. The number of carboxylic acids is 1. The van der Waals surface area contributed by atoms with Gasteiger partial charge < -0.3 is 19.9 Å². The summed E-state index contributed by atoms with van der Waals surface area (Å²) in [5.74, 6) is 0.546. The minimum absolute atomic E-state index is 0.0857. The average molecular weight is 343 g/mol. The van der Waals surface area contributed by atoms with Gasteiger partial charge in [0, 0.05) is 12.6 Å². The third-order valence-corrected chi connectivity index (χ3v) is 3.94. The largest absolute Gasteiger partial charge is 0.493 e. The van der Waals surface area contributed by atoms with Gasteiger partial charge in [-0.15, -0.1) is 0 Å². The number of carbonyl (C=O) groups is 1. The number of hydrogen-bond acceptors (Lipinski definition) is 4. The lowest BCUT2D eigenvalue weighted by atomic mass is 10.1. The maximum Gasteiger partial charge on any atom is 0.335 e. The maximum atomic E-state index is 11.0. The van der Waals surface area contributed by atoms with E-state index in [0.717, 1.165) is 23.3 Å². The fraction of sp³-hybridized carbons (Fsp3) is 0.350. The molecule has 5 heteroatoms. The second kappa shape index (κ2) is 9.08. The van der Waals surface area contributed by atoms with E-state index in [0.29, 0.717) is 24.5 Å². The first-order valence-electron chi connectivity index (χ1n) is 8.41. The zero-order valence-electron chi connectivity index (χ0n) is 14.9. The Morgan fingerprint density at radius 1 is 1.20 bits per heavy atom. The van der Waals surface area contributed by atoms with Gasteiger partial charge in [-0.05, 0) is 48.7 Å². The highest BCUT2D eigenvalue weighted by atomic mass is 16.5. The molecule has 2 rings (SSSR count). The molecule has 0 aromatic heterocycles. The highest BCUT2D eigenvalue weighted by molar-refractivity contribution is 5.87. The molecule has 25 heavy (non-hydrogen) atoms. The molecule has 0 saturated heterocycles. The Balaban J connectivity index is 2.04. The molecule has 0 radical (unpaired) electrons. The van der Waals surface area contributed by atoms with E-state index in [2.05, 4.69) is 19.2 Å². The van der Waals surface area contributed by atoms with Crippen LogP contribution in [-0.2, 0) is 6.54 Å². The number of methoxy groups -OCH3 is 1. The van der Waals surface area contributed by atoms with Crippen LogP contribution in [0, 0.1) is 0 Å². The third-order valence-electron chi connectivity index (χ3n) is 3.94. The van der Waals surface area contributed by atoms with Crippen LogP contribution < -0.4 is 14.8 Å². The van der Waals surface area contributed by atoms with E-state index in [-0.39, 0.29) is 6.04 Å². The van der Waals surface area contributed by atoms with Gasteiger partial charge >= 0.3 is 5.97 Å². The van der Waals surface area contributed by atoms with Crippen LogP contribution in [-0.4, -0.2) is 24.8 Å². The summed E-state index contributed by atoms with van der Waals surface area (Å²) in [6, 6.07) is 12.9. The minimum Gasteiger partial charge on any atom is -0.493 e. The third kappa shape index (κ3) is 5.22. The van der Waals surface area contributed by atoms with Crippen molar-refractivity contribution in [1.82, 2.24) is 5.32 Å². The molecular formula is C20H25NO4. The summed E-state index contributed by atoms with van der Waals surface area (Å²) in [7, 11) is 1.63. The highest BCUT2D eigenvalue weighted by Gasteiger charge is 2.11. The number of hydrogen-bond donors (Lipinski definition) is 2. The number of carboxylic acid groups (broad SMARTS) is 1. The average Bonchev–Trinajstić information content (AvgIpc) is 2.64. The van der Waals surface area contributed by atoms with Gasteiger partial charge in [0.25, 0.3) is 0 Å². The van der Waals surface area contributed by atoms with E-state index in [1.165, 1.54) is 0 Å². The number of benzene rings is 2. The molecule has 1 unspecified atom stereocenters. The second-order valence-electron chi connectivity index (χ2n) is 5.87. The van der Waals surface area contributed by atoms with E-state index in [4.69, 9.17) is 14.6 Å². The van der Waals surface area contributed by atoms with Crippen molar-refractivity contribution in [2.45, 2.75) is 32.9 Å². The van der Waals surface area contributed by atoms with Crippen molar-refractivity contribution in [3.05, 3.63) is 59.2 Å². The van der Waals surface area contributed by atoms with E-state index in [1.807, 2.05) is 24.3 Å². The normalized spacial score (nSPS) is 11.8. The Morgan fingerprint density at radius 3 is 2.68 bits per heavy atom. The molecule has 0 saturated carbocycles. The molecule has 0 aliphatic carbocycles. The molecule has 2 aromatic rings. The summed E-state index contributed by atoms with van der Waals surface area (Å²) in [6.07, 6.45) is 0.943. The van der Waals surface area contributed by atoms with Gasteiger partial charge in [-0.25, -0.2) is 4.79 Å². The van der Waals surface area contributed by atoms with Gasteiger partial charge in [-0.3, -0.25) is 0 Å². The Kier molecular flexibility index (Phi) is 6.83. The van der Waals surface area contributed by atoms with E-state index < -0.39 is 5.97 Å². The summed E-state index contributed by atoms with van der Waals surface area (Å²) in [6.45, 7) is 5.36. The van der Waals surface area contributed by atoms with Crippen LogP contribution in [0.1, 0.15) is 47.8 Å². The van der Waals surface area contributed by atoms with Crippen LogP contribution in [0.25, 0.3) is 0 Å². The molecular weight excluding hydrogens is 318 g/mol. The molecule has 0 aliphatic heterocycles. The Hall–Kier alpha value is -2.53. The van der Waals surface area contributed by atoms with Gasteiger partial charge in [-0.2, -0.15) is 0 Å². The van der Waals surface area contributed by atoms with Crippen LogP contribution in [0.2, 0.25) is 0 Å². The quantitative estimate of drug-likeness (QED) is 0.719. The number of aromatic carboxylic acids is 1. The molecule has 5 nitrogen and oxygen atoms in total. The van der Waals surface area contributed by atoms with Crippen molar-refractivity contribution in [3.8, 4) is 11.5 Å². The number of rotatable bonds is 9. The fourth-order valence-corrected chi connectivity index (χ4v) is 2.49. The minimum atomic E-state index is -0.915. The summed E-state index contributed by atoms with van der Waals surface area (Å²) < 4.78 is 11.1. The predicted octanol–water partition coefficient (Wildman–Crippen LogP) is 4.03. The molecule has 1 atom stereocenters. The lowest BCUT2D eigenvalue weighted by Crippen LogP contribution is -2.18. The summed E-state index contributed by atoms with van der Waals surface area (Å²) in [5, 5.41) is 12.5. The number of nitrogens with one attached hydrogen (secondary N) is 1. The molecule has 134 valence electrons. The van der Waals surface area contributed by atoms with Gasteiger partial charge in [0.05, 0.1) is 19.3 Å². The predicted molar refractivity (Wildman–Crippen MR) is 97.4 cm³/mol. The van der Waals surface area contributed by atoms with Crippen LogP contribution in [0.3, 0.4) is 0 Å². The van der Waals surface area contributed by atoms with Crippen molar-refractivity contribution in [2.75, 3.05) is 13.7 Å². The van der Waals surface area contributed by atoms with Gasteiger partial charge in [0.15, 0.2) is 11.5 Å². The van der Waals surface area contributed by atoms with Crippen molar-refractivity contribution in [2.24, 2.45) is 0 Å². The zero-order valence-corrected chi connectivity index (χ0v) is 14.9. The van der Waals surface area contributed by atoms with Crippen molar-refractivity contribution < 1.29 is 19.4 Å². The van der Waals surface area contributed by atoms with Crippen LogP contribution in [0.15, 0.2) is 42.5 Å². The zero-order chi connectivity index (χ0) is 18.2. The van der Waals surface area contributed by atoms with Gasteiger partial charge in [0.1, 0.15) is 0 Å². The molecule has 0 spiro atoms. The summed E-state index contributed by atoms with van der Waals surface area (Å²) >= 11 is 0. The first-order chi connectivity index (χ1) is 12.0. The first-order valence-corrected chi connectivity index (χ1v) is 8.41. The van der Waals surface area contributed by atoms with Crippen molar-refractivity contribution >= 4 is 5.97 Å². The fourth-order valence-electron chi connectivity index (χ4n) is 2.49.